The van der Waals surface area contributed by atoms with E-state index in [1.807, 2.05) is 30.3 Å². The van der Waals surface area contributed by atoms with E-state index < -0.39 is 5.97 Å². The predicted molar refractivity (Wildman–Crippen MR) is 78.4 cm³/mol. The molecule has 3 rings (SSSR count). The number of ketones is 1. The minimum atomic E-state index is -0.404. The van der Waals surface area contributed by atoms with Gasteiger partial charge in [-0.1, -0.05) is 30.3 Å². The summed E-state index contributed by atoms with van der Waals surface area (Å²) in [6.07, 6.45) is 2.21. The fourth-order valence-electron chi connectivity index (χ4n) is 2.77. The second kappa shape index (κ2) is 5.56. The molecule has 0 unspecified atom stereocenters. The van der Waals surface area contributed by atoms with Crippen LogP contribution in [0.15, 0.2) is 30.3 Å². The molecule has 0 fully saturated rings. The zero-order valence-corrected chi connectivity index (χ0v) is 11.9. The molecule has 1 aliphatic rings. The Morgan fingerprint density at radius 3 is 2.71 bits per heavy atom. The highest BCUT2D eigenvalue weighted by molar-refractivity contribution is 6.03. The molecule has 1 aromatic heterocycles. The Kier molecular flexibility index (Phi) is 3.60. The van der Waals surface area contributed by atoms with Gasteiger partial charge in [-0.25, -0.2) is 4.79 Å². The number of aryl methyl sites for hydroxylation is 1. The molecule has 4 heteroatoms. The standard InChI is InChI=1S/C17H17NO3/c1-11-15-13(8-5-9-14(15)19)18-16(11)17(20)21-10-12-6-3-2-4-7-12/h2-4,6-7,18H,5,8-10H2,1H3. The third-order valence-electron chi connectivity index (χ3n) is 3.85. The van der Waals surface area contributed by atoms with Crippen LogP contribution in [0, 0.1) is 6.92 Å². The summed E-state index contributed by atoms with van der Waals surface area (Å²) in [6.45, 7) is 2.04. The van der Waals surface area contributed by atoms with Gasteiger partial charge in [-0.3, -0.25) is 4.79 Å². The van der Waals surface area contributed by atoms with Gasteiger partial charge in [0.05, 0.1) is 0 Å². The minimum absolute atomic E-state index is 0.118. The number of nitrogens with one attached hydrogen (secondary N) is 1. The van der Waals surface area contributed by atoms with Crippen LogP contribution in [0.3, 0.4) is 0 Å². The molecular formula is C17H17NO3. The van der Waals surface area contributed by atoms with E-state index in [1.54, 1.807) is 6.92 Å². The number of rotatable bonds is 3. The van der Waals surface area contributed by atoms with Gasteiger partial charge in [-0.05, 0) is 30.9 Å². The van der Waals surface area contributed by atoms with E-state index in [1.165, 1.54) is 0 Å². The molecule has 1 aromatic carbocycles. The van der Waals surface area contributed by atoms with Crippen molar-refractivity contribution in [1.29, 1.82) is 0 Å². The Hall–Kier alpha value is -2.36. The van der Waals surface area contributed by atoms with E-state index >= 15 is 0 Å². The number of benzene rings is 1. The van der Waals surface area contributed by atoms with E-state index in [0.717, 1.165) is 24.1 Å². The van der Waals surface area contributed by atoms with Gasteiger partial charge in [0, 0.05) is 17.7 Å². The first kappa shape index (κ1) is 13.6. The summed E-state index contributed by atoms with van der Waals surface area (Å²) in [5.74, 6) is -0.286. The van der Waals surface area contributed by atoms with Crippen LogP contribution in [-0.4, -0.2) is 16.7 Å². The highest BCUT2D eigenvalue weighted by Gasteiger charge is 2.26. The third-order valence-corrected chi connectivity index (χ3v) is 3.85. The second-order valence-electron chi connectivity index (χ2n) is 5.32. The Balaban J connectivity index is 1.78. The Morgan fingerprint density at radius 2 is 2.00 bits per heavy atom. The van der Waals surface area contributed by atoms with Gasteiger partial charge >= 0.3 is 5.97 Å². The first-order valence-electron chi connectivity index (χ1n) is 7.12. The van der Waals surface area contributed by atoms with Crippen molar-refractivity contribution < 1.29 is 14.3 Å². The van der Waals surface area contributed by atoms with Crippen molar-refractivity contribution >= 4 is 11.8 Å². The molecule has 0 bridgehead atoms. The van der Waals surface area contributed by atoms with Crippen LogP contribution in [-0.2, 0) is 17.8 Å². The molecule has 1 heterocycles. The number of fused-ring (bicyclic) bond motifs is 1. The summed E-state index contributed by atoms with van der Waals surface area (Å²) >= 11 is 0. The van der Waals surface area contributed by atoms with Crippen LogP contribution >= 0.6 is 0 Å². The predicted octanol–water partition coefficient (Wildman–Crippen LogP) is 3.20. The van der Waals surface area contributed by atoms with Crippen LogP contribution < -0.4 is 0 Å². The zero-order valence-electron chi connectivity index (χ0n) is 11.9. The summed E-state index contributed by atoms with van der Waals surface area (Å²) < 4.78 is 5.33. The van der Waals surface area contributed by atoms with Crippen molar-refractivity contribution in [3.8, 4) is 0 Å². The molecule has 21 heavy (non-hydrogen) atoms. The van der Waals surface area contributed by atoms with Crippen molar-refractivity contribution in [3.05, 3.63) is 58.4 Å². The van der Waals surface area contributed by atoms with Gasteiger partial charge in [0.15, 0.2) is 5.78 Å². The third kappa shape index (κ3) is 2.61. The van der Waals surface area contributed by atoms with Crippen LogP contribution in [0.2, 0.25) is 0 Å². The maximum atomic E-state index is 12.2. The van der Waals surface area contributed by atoms with Crippen LogP contribution in [0.5, 0.6) is 0 Å². The van der Waals surface area contributed by atoms with Gasteiger partial charge in [0.2, 0.25) is 0 Å². The van der Waals surface area contributed by atoms with Crippen LogP contribution in [0.4, 0.5) is 0 Å². The highest BCUT2D eigenvalue weighted by atomic mass is 16.5. The molecule has 4 nitrogen and oxygen atoms in total. The average molecular weight is 283 g/mol. The van der Waals surface area contributed by atoms with Gasteiger partial charge in [0.25, 0.3) is 0 Å². The lowest BCUT2D eigenvalue weighted by Crippen LogP contribution is -2.10. The number of Topliss-reactive ketones (excluding diaryl/α,β-unsaturated/α-hetero) is 1. The number of aromatic nitrogens is 1. The number of aromatic amines is 1. The number of hydrogen-bond acceptors (Lipinski definition) is 3. The lowest BCUT2D eigenvalue weighted by molar-refractivity contribution is 0.0465. The maximum Gasteiger partial charge on any atom is 0.355 e. The maximum absolute atomic E-state index is 12.2. The average Bonchev–Trinajstić information content (AvgIpc) is 2.84. The molecule has 0 saturated carbocycles. The number of H-pyrrole nitrogens is 1. The highest BCUT2D eigenvalue weighted by Crippen LogP contribution is 2.26. The lowest BCUT2D eigenvalue weighted by Gasteiger charge is -2.09. The second-order valence-corrected chi connectivity index (χ2v) is 5.32. The molecule has 0 saturated heterocycles. The quantitative estimate of drug-likeness (QED) is 0.880. The number of ether oxygens (including phenoxy) is 1. The smallest absolute Gasteiger partial charge is 0.355 e. The number of carbonyl (C=O) groups is 2. The molecule has 0 radical (unpaired) electrons. The summed E-state index contributed by atoms with van der Waals surface area (Å²) in [7, 11) is 0. The normalized spacial score (nSPS) is 13.9. The first-order valence-corrected chi connectivity index (χ1v) is 7.12. The summed E-state index contributed by atoms with van der Waals surface area (Å²) in [5.41, 5.74) is 3.62. The van der Waals surface area contributed by atoms with Crippen molar-refractivity contribution in [1.82, 2.24) is 4.98 Å². The Bertz CT molecular complexity index is 686. The topological polar surface area (TPSA) is 59.2 Å². The fourth-order valence-corrected chi connectivity index (χ4v) is 2.77. The van der Waals surface area contributed by atoms with Gasteiger partial charge < -0.3 is 9.72 Å². The van der Waals surface area contributed by atoms with Gasteiger partial charge in [-0.2, -0.15) is 0 Å². The minimum Gasteiger partial charge on any atom is -0.456 e. The molecule has 0 atom stereocenters. The van der Waals surface area contributed by atoms with Gasteiger partial charge in [0.1, 0.15) is 12.3 Å². The van der Waals surface area contributed by atoms with E-state index in [2.05, 4.69) is 4.98 Å². The molecule has 0 amide bonds. The summed E-state index contributed by atoms with van der Waals surface area (Å²) in [4.78, 5) is 27.2. The first-order chi connectivity index (χ1) is 10.2. The summed E-state index contributed by atoms with van der Waals surface area (Å²) in [5, 5.41) is 0. The van der Waals surface area contributed by atoms with Crippen LogP contribution in [0.25, 0.3) is 0 Å². The van der Waals surface area contributed by atoms with E-state index in [4.69, 9.17) is 4.74 Å². The Morgan fingerprint density at radius 1 is 1.24 bits per heavy atom. The zero-order chi connectivity index (χ0) is 14.8. The van der Waals surface area contributed by atoms with E-state index in [0.29, 0.717) is 23.2 Å². The van der Waals surface area contributed by atoms with Crippen molar-refractivity contribution in [2.75, 3.05) is 0 Å². The summed E-state index contributed by atoms with van der Waals surface area (Å²) in [6, 6.07) is 9.54. The van der Waals surface area contributed by atoms with E-state index in [9.17, 15) is 9.59 Å². The lowest BCUT2D eigenvalue weighted by atomic mass is 9.94. The largest absolute Gasteiger partial charge is 0.456 e. The van der Waals surface area contributed by atoms with Crippen molar-refractivity contribution in [2.24, 2.45) is 0 Å². The van der Waals surface area contributed by atoms with Crippen molar-refractivity contribution in [2.45, 2.75) is 32.8 Å². The molecule has 0 aliphatic heterocycles. The number of hydrogen-bond donors (Lipinski definition) is 1. The number of esters is 1. The SMILES string of the molecule is Cc1c(C(=O)OCc2ccccc2)[nH]c2c1C(=O)CCC2. The fraction of sp³-hybridized carbons (Fsp3) is 0.294. The molecule has 1 N–H and O–H groups in total. The molecule has 0 spiro atoms. The van der Waals surface area contributed by atoms with Crippen molar-refractivity contribution in [3.63, 3.8) is 0 Å². The monoisotopic (exact) mass is 283 g/mol. The van der Waals surface area contributed by atoms with Crippen LogP contribution in [0.1, 0.15) is 50.5 Å². The molecular weight excluding hydrogens is 266 g/mol. The molecule has 1 aliphatic carbocycles. The Labute approximate surface area is 123 Å². The molecule has 108 valence electrons. The number of carbonyl (C=O) groups excluding carboxylic acids is 2. The molecule has 2 aromatic rings. The van der Waals surface area contributed by atoms with E-state index in [-0.39, 0.29) is 12.4 Å². The van der Waals surface area contributed by atoms with Gasteiger partial charge in [-0.15, -0.1) is 0 Å².